The highest BCUT2D eigenvalue weighted by molar-refractivity contribution is 6.36. The Morgan fingerprint density at radius 2 is 1.58 bits per heavy atom. The van der Waals surface area contributed by atoms with Crippen molar-refractivity contribution in [1.82, 2.24) is 19.9 Å². The van der Waals surface area contributed by atoms with Gasteiger partial charge in [-0.25, -0.2) is 15.0 Å². The van der Waals surface area contributed by atoms with Crippen molar-refractivity contribution in [2.75, 3.05) is 11.9 Å². The zero-order chi connectivity index (χ0) is 14.2. The van der Waals surface area contributed by atoms with E-state index in [9.17, 15) is 5.11 Å². The summed E-state index contributed by atoms with van der Waals surface area (Å²) in [6, 6.07) is 0. The van der Waals surface area contributed by atoms with E-state index in [1.807, 2.05) is 0 Å². The Morgan fingerprint density at radius 3 is 2.21 bits per heavy atom. The maximum absolute atomic E-state index is 9.71. The summed E-state index contributed by atoms with van der Waals surface area (Å²) in [5.41, 5.74) is -0.285. The molecule has 0 amide bonds. The molecule has 102 valence electrons. The number of aromatic nitrogens is 4. The molecule has 6 nitrogen and oxygen atoms in total. The van der Waals surface area contributed by atoms with Crippen LogP contribution >= 0.6 is 34.8 Å². The van der Waals surface area contributed by atoms with Crippen molar-refractivity contribution in [2.24, 2.45) is 0 Å². The average Bonchev–Trinajstić information content (AvgIpc) is 2.26. The fraction of sp³-hybridized carbons (Fsp3) is 0.400. The van der Waals surface area contributed by atoms with E-state index in [2.05, 4.69) is 25.3 Å². The molecule has 0 aliphatic carbocycles. The lowest BCUT2D eigenvalue weighted by molar-refractivity contribution is 0.0944. The van der Waals surface area contributed by atoms with Gasteiger partial charge < -0.3 is 10.4 Å². The minimum Gasteiger partial charge on any atom is -0.389 e. The van der Waals surface area contributed by atoms with E-state index in [4.69, 9.17) is 34.8 Å². The molecule has 2 aromatic rings. The van der Waals surface area contributed by atoms with Gasteiger partial charge in [-0.05, 0) is 37.0 Å². The van der Waals surface area contributed by atoms with Crippen LogP contribution in [0.2, 0.25) is 15.7 Å². The number of aliphatic hydroxyl groups is 1. The Hall–Kier alpha value is -0.950. The van der Waals surface area contributed by atoms with Crippen LogP contribution in [-0.4, -0.2) is 37.2 Å². The van der Waals surface area contributed by atoms with Crippen LogP contribution < -0.4 is 5.32 Å². The second-order valence-corrected chi connectivity index (χ2v) is 5.52. The number of fused-ring (bicyclic) bond motifs is 1. The molecular formula is C10H10Cl3N5O. The van der Waals surface area contributed by atoms with Gasteiger partial charge in [-0.3, -0.25) is 0 Å². The summed E-state index contributed by atoms with van der Waals surface area (Å²) < 4.78 is 0. The molecule has 0 unspecified atom stereocenters. The van der Waals surface area contributed by atoms with Gasteiger partial charge >= 0.3 is 0 Å². The molecule has 0 atom stereocenters. The third-order valence-electron chi connectivity index (χ3n) is 2.14. The Bertz CT molecular complexity index is 629. The standard InChI is InChI=1S/C10H10Cl3N5O/c1-10(2,19)3-14-7-5-4(15-9(13)18-7)6(11)17-8(12)16-5/h19H,3H2,1-2H3,(H,14,15,18). The molecule has 0 fully saturated rings. The van der Waals surface area contributed by atoms with Crippen molar-refractivity contribution in [3.05, 3.63) is 15.7 Å². The summed E-state index contributed by atoms with van der Waals surface area (Å²) in [6.07, 6.45) is 0. The van der Waals surface area contributed by atoms with Gasteiger partial charge in [-0.1, -0.05) is 11.6 Å². The molecule has 0 radical (unpaired) electrons. The topological polar surface area (TPSA) is 83.8 Å². The van der Waals surface area contributed by atoms with Crippen molar-refractivity contribution in [1.29, 1.82) is 0 Å². The maximum atomic E-state index is 9.71. The van der Waals surface area contributed by atoms with Gasteiger partial charge in [0.1, 0.15) is 11.0 Å². The summed E-state index contributed by atoms with van der Waals surface area (Å²) in [5, 5.41) is 12.7. The van der Waals surface area contributed by atoms with Crippen molar-refractivity contribution in [3.63, 3.8) is 0 Å². The Labute approximate surface area is 124 Å². The number of hydrogen-bond donors (Lipinski definition) is 2. The first kappa shape index (κ1) is 14.5. The van der Waals surface area contributed by atoms with Crippen LogP contribution in [-0.2, 0) is 0 Å². The lowest BCUT2D eigenvalue weighted by Crippen LogP contribution is -2.29. The zero-order valence-electron chi connectivity index (χ0n) is 10.1. The van der Waals surface area contributed by atoms with E-state index in [1.165, 1.54) is 0 Å². The van der Waals surface area contributed by atoms with Gasteiger partial charge in [-0.15, -0.1) is 0 Å². The summed E-state index contributed by atoms with van der Waals surface area (Å²) in [4.78, 5) is 15.8. The van der Waals surface area contributed by atoms with Crippen LogP contribution in [0.1, 0.15) is 13.8 Å². The van der Waals surface area contributed by atoms with Gasteiger partial charge in [0, 0.05) is 6.54 Å². The van der Waals surface area contributed by atoms with Crippen LogP contribution in [0.5, 0.6) is 0 Å². The van der Waals surface area contributed by atoms with Crippen molar-refractivity contribution >= 4 is 51.7 Å². The average molecular weight is 323 g/mol. The Balaban J connectivity index is 2.53. The lowest BCUT2D eigenvalue weighted by atomic mass is 10.1. The summed E-state index contributed by atoms with van der Waals surface area (Å²) in [7, 11) is 0. The summed E-state index contributed by atoms with van der Waals surface area (Å²) in [6.45, 7) is 3.55. The van der Waals surface area contributed by atoms with Crippen LogP contribution in [0.15, 0.2) is 0 Å². The molecule has 9 heteroatoms. The van der Waals surface area contributed by atoms with Gasteiger partial charge in [0.25, 0.3) is 0 Å². The van der Waals surface area contributed by atoms with Crippen LogP contribution in [0, 0.1) is 0 Å². The third-order valence-corrected chi connectivity index (χ3v) is 2.74. The largest absolute Gasteiger partial charge is 0.389 e. The van der Waals surface area contributed by atoms with E-state index in [-0.39, 0.29) is 22.3 Å². The van der Waals surface area contributed by atoms with E-state index in [0.29, 0.717) is 16.9 Å². The first-order valence-electron chi connectivity index (χ1n) is 5.29. The molecule has 2 heterocycles. The van der Waals surface area contributed by atoms with E-state index >= 15 is 0 Å². The predicted molar refractivity (Wildman–Crippen MR) is 74.9 cm³/mol. The summed E-state index contributed by atoms with van der Waals surface area (Å²) in [5.74, 6) is 0.336. The minimum absolute atomic E-state index is 0.00133. The van der Waals surface area contributed by atoms with E-state index in [1.54, 1.807) is 13.8 Å². The highest BCUT2D eigenvalue weighted by Gasteiger charge is 2.17. The van der Waals surface area contributed by atoms with E-state index < -0.39 is 5.60 Å². The molecule has 0 spiro atoms. The molecule has 19 heavy (non-hydrogen) atoms. The maximum Gasteiger partial charge on any atom is 0.225 e. The predicted octanol–water partition coefficient (Wildman–Crippen LogP) is 2.56. The van der Waals surface area contributed by atoms with Crippen LogP contribution in [0.4, 0.5) is 5.82 Å². The molecular weight excluding hydrogens is 313 g/mol. The zero-order valence-corrected chi connectivity index (χ0v) is 12.3. The lowest BCUT2D eigenvalue weighted by Gasteiger charge is -2.18. The molecule has 2 N–H and O–H groups in total. The summed E-state index contributed by atoms with van der Waals surface area (Å²) >= 11 is 17.5. The number of nitrogens with zero attached hydrogens (tertiary/aromatic N) is 4. The molecule has 0 saturated carbocycles. The monoisotopic (exact) mass is 321 g/mol. The second kappa shape index (κ2) is 5.20. The molecule has 0 aliphatic heterocycles. The fourth-order valence-electron chi connectivity index (χ4n) is 1.35. The first-order chi connectivity index (χ1) is 8.76. The van der Waals surface area contributed by atoms with Crippen molar-refractivity contribution in [2.45, 2.75) is 19.4 Å². The Morgan fingerprint density at radius 1 is 1.00 bits per heavy atom. The van der Waals surface area contributed by atoms with Gasteiger partial charge in [0.15, 0.2) is 11.0 Å². The third kappa shape index (κ3) is 3.54. The van der Waals surface area contributed by atoms with Crippen molar-refractivity contribution < 1.29 is 5.11 Å². The van der Waals surface area contributed by atoms with Crippen LogP contribution in [0.3, 0.4) is 0 Å². The number of nitrogens with one attached hydrogen (secondary N) is 1. The van der Waals surface area contributed by atoms with Gasteiger partial charge in [0.2, 0.25) is 10.6 Å². The second-order valence-electron chi connectivity index (χ2n) is 4.49. The van der Waals surface area contributed by atoms with E-state index in [0.717, 1.165) is 0 Å². The minimum atomic E-state index is -0.926. The molecule has 0 aromatic carbocycles. The Kier molecular flexibility index (Phi) is 3.96. The highest BCUT2D eigenvalue weighted by atomic mass is 35.5. The number of hydrogen-bond acceptors (Lipinski definition) is 6. The molecule has 0 aliphatic rings. The number of halogens is 3. The smallest absolute Gasteiger partial charge is 0.225 e. The number of anilines is 1. The molecule has 0 saturated heterocycles. The molecule has 2 aromatic heterocycles. The van der Waals surface area contributed by atoms with Crippen molar-refractivity contribution in [3.8, 4) is 0 Å². The fourth-order valence-corrected chi connectivity index (χ4v) is 1.94. The normalized spacial score (nSPS) is 11.9. The SMILES string of the molecule is CC(C)(O)CNc1nc(Cl)nc2c(Cl)nc(Cl)nc12. The van der Waals surface area contributed by atoms with Gasteiger partial charge in [0.05, 0.1) is 5.60 Å². The quantitative estimate of drug-likeness (QED) is 0.667. The molecule has 2 rings (SSSR count). The van der Waals surface area contributed by atoms with Gasteiger partial charge in [-0.2, -0.15) is 4.98 Å². The first-order valence-corrected chi connectivity index (χ1v) is 6.42. The molecule has 0 bridgehead atoms. The van der Waals surface area contributed by atoms with Crippen LogP contribution in [0.25, 0.3) is 11.0 Å². The highest BCUT2D eigenvalue weighted by Crippen LogP contribution is 2.26. The number of rotatable bonds is 3.